The Kier molecular flexibility index (Phi) is 8.75. The molecule has 0 aliphatic carbocycles. The van der Waals surface area contributed by atoms with Crippen LogP contribution in [0.1, 0.15) is 0 Å². The maximum Gasteiger partial charge on any atom is 0.0434 e. The average molecular weight is 843 g/mol. The quantitative estimate of drug-likeness (QED) is 0.156. The van der Waals surface area contributed by atoms with Crippen molar-refractivity contribution in [3.05, 3.63) is 231 Å². The molecule has 302 valence electrons. The Morgan fingerprint density at radius 2 is 0.677 bits per heavy atom. The van der Waals surface area contributed by atoms with E-state index in [1.165, 1.54) is 102 Å². The van der Waals surface area contributed by atoms with Crippen LogP contribution in [0, 0.1) is 0 Å². The predicted molar refractivity (Wildman–Crippen MR) is 278 cm³/mol. The summed E-state index contributed by atoms with van der Waals surface area (Å²) in [5.41, 5.74) is 14.3. The summed E-state index contributed by atoms with van der Waals surface area (Å²) in [6.07, 6.45) is 7.57. The molecule has 0 unspecified atom stereocenters. The second-order valence-electron chi connectivity index (χ2n) is 16.8. The number of fused-ring (bicyclic) bond motifs is 7. The first-order chi connectivity index (χ1) is 32.3. The Balaban J connectivity index is 1.08. The Bertz CT molecular complexity index is 3810. The SMILES string of the molecule is c1ccc(-c2c3ccccc3c(-c3cccc4c3sc3cccc(-c5c6ccccc6c(-c6cc(-c7cccnc7)cc(-c7cccnc7)c6)c6ccccc56)c34)c3ccccc23)cc1. The summed E-state index contributed by atoms with van der Waals surface area (Å²) in [7, 11) is 0. The number of thiophene rings is 1. The van der Waals surface area contributed by atoms with Crippen molar-refractivity contribution in [2.45, 2.75) is 0 Å². The van der Waals surface area contributed by atoms with Crippen LogP contribution in [0.2, 0.25) is 0 Å². The van der Waals surface area contributed by atoms with Gasteiger partial charge in [-0.25, -0.2) is 0 Å². The molecule has 0 fully saturated rings. The molecule has 10 aromatic carbocycles. The third-order valence-electron chi connectivity index (χ3n) is 13.2. The first-order valence-electron chi connectivity index (χ1n) is 22.1. The Labute approximate surface area is 380 Å². The van der Waals surface area contributed by atoms with Crippen molar-refractivity contribution >= 4 is 74.6 Å². The van der Waals surface area contributed by atoms with E-state index in [4.69, 9.17) is 0 Å². The highest BCUT2D eigenvalue weighted by Crippen LogP contribution is 2.52. The second kappa shape index (κ2) is 15.2. The molecule has 0 bridgehead atoms. The van der Waals surface area contributed by atoms with Gasteiger partial charge in [0, 0.05) is 61.7 Å². The highest BCUT2D eigenvalue weighted by molar-refractivity contribution is 7.26. The summed E-state index contributed by atoms with van der Waals surface area (Å²) in [5.74, 6) is 0. The van der Waals surface area contributed by atoms with E-state index in [-0.39, 0.29) is 0 Å². The summed E-state index contributed by atoms with van der Waals surface area (Å²) >= 11 is 1.91. The molecule has 3 heterocycles. The molecule has 0 atom stereocenters. The fraction of sp³-hybridized carbons (Fsp3) is 0. The van der Waals surface area contributed by atoms with Gasteiger partial charge in [0.2, 0.25) is 0 Å². The monoisotopic (exact) mass is 842 g/mol. The van der Waals surface area contributed by atoms with Crippen LogP contribution in [0.3, 0.4) is 0 Å². The lowest BCUT2D eigenvalue weighted by Gasteiger charge is -2.20. The molecule has 13 rings (SSSR count). The molecule has 65 heavy (non-hydrogen) atoms. The lowest BCUT2D eigenvalue weighted by Crippen LogP contribution is -1.93. The molecule has 0 radical (unpaired) electrons. The van der Waals surface area contributed by atoms with Crippen molar-refractivity contribution in [3.63, 3.8) is 0 Å². The lowest BCUT2D eigenvalue weighted by atomic mass is 9.83. The molecule has 13 aromatic rings. The molecule has 0 N–H and O–H groups in total. The maximum absolute atomic E-state index is 4.51. The van der Waals surface area contributed by atoms with Crippen molar-refractivity contribution in [2.24, 2.45) is 0 Å². The smallest absolute Gasteiger partial charge is 0.0434 e. The van der Waals surface area contributed by atoms with E-state index < -0.39 is 0 Å². The summed E-state index contributed by atoms with van der Waals surface area (Å²) in [6.45, 7) is 0. The first-order valence-corrected chi connectivity index (χ1v) is 22.9. The summed E-state index contributed by atoms with van der Waals surface area (Å²) in [5, 5.41) is 12.5. The molecular formula is C62H38N2S. The zero-order valence-electron chi connectivity index (χ0n) is 35.2. The van der Waals surface area contributed by atoms with E-state index in [0.29, 0.717) is 0 Å². The van der Waals surface area contributed by atoms with Crippen LogP contribution >= 0.6 is 11.3 Å². The van der Waals surface area contributed by atoms with Crippen molar-refractivity contribution < 1.29 is 0 Å². The van der Waals surface area contributed by atoms with E-state index in [9.17, 15) is 0 Å². The molecule has 3 aromatic heterocycles. The average Bonchev–Trinajstić information content (AvgIpc) is 3.77. The number of hydrogen-bond acceptors (Lipinski definition) is 3. The van der Waals surface area contributed by atoms with Crippen LogP contribution in [-0.2, 0) is 0 Å². The van der Waals surface area contributed by atoms with Gasteiger partial charge in [0.05, 0.1) is 0 Å². The standard InChI is InChI=1S/C62H38N2S/c1-2-16-39(17-3-1)57-45-20-4-10-26-51(45)60(52-27-11-5-21-46(52)57)54-29-12-30-55-61-53(28-13-31-56(61)65-62(54)55)59-49-24-8-6-22-47(49)58(48-23-7-9-25-50(48)59)44-35-42(40-18-14-32-63-37-40)34-43(36-44)41-19-15-33-64-38-41/h1-38H. The number of nitrogens with zero attached hydrogens (tertiary/aromatic N) is 2. The topological polar surface area (TPSA) is 25.8 Å². The van der Waals surface area contributed by atoms with Crippen LogP contribution in [0.4, 0.5) is 0 Å². The van der Waals surface area contributed by atoms with E-state index in [0.717, 1.165) is 27.8 Å². The van der Waals surface area contributed by atoms with Gasteiger partial charge in [-0.05, 0) is 130 Å². The van der Waals surface area contributed by atoms with E-state index in [2.05, 4.69) is 204 Å². The van der Waals surface area contributed by atoms with Crippen LogP contribution in [-0.4, -0.2) is 9.97 Å². The number of rotatable bonds is 6. The minimum absolute atomic E-state index is 1.08. The van der Waals surface area contributed by atoms with Gasteiger partial charge in [0.1, 0.15) is 0 Å². The summed E-state index contributed by atoms with van der Waals surface area (Å²) in [4.78, 5) is 9.01. The zero-order chi connectivity index (χ0) is 42.8. The Morgan fingerprint density at radius 3 is 1.18 bits per heavy atom. The Hall–Kier alpha value is -8.24. The normalized spacial score (nSPS) is 11.7. The molecule has 0 spiro atoms. The van der Waals surface area contributed by atoms with E-state index in [1.807, 2.05) is 48.3 Å². The molecule has 0 aliphatic heterocycles. The molecule has 0 aliphatic rings. The highest BCUT2D eigenvalue weighted by Gasteiger charge is 2.23. The third kappa shape index (κ3) is 6.01. The fourth-order valence-electron chi connectivity index (χ4n) is 10.5. The van der Waals surface area contributed by atoms with E-state index >= 15 is 0 Å². The maximum atomic E-state index is 4.51. The first kappa shape index (κ1) is 37.3. The predicted octanol–water partition coefficient (Wildman–Crippen LogP) is 17.5. The van der Waals surface area contributed by atoms with Crippen molar-refractivity contribution in [2.75, 3.05) is 0 Å². The van der Waals surface area contributed by atoms with Crippen molar-refractivity contribution in [3.8, 4) is 66.8 Å². The summed E-state index contributed by atoms with van der Waals surface area (Å²) in [6, 6.07) is 75.9. The van der Waals surface area contributed by atoms with Crippen molar-refractivity contribution in [1.82, 2.24) is 9.97 Å². The second-order valence-corrected chi connectivity index (χ2v) is 17.8. The minimum atomic E-state index is 1.08. The van der Waals surface area contributed by atoms with Crippen molar-refractivity contribution in [1.29, 1.82) is 0 Å². The van der Waals surface area contributed by atoms with Crippen LogP contribution in [0.5, 0.6) is 0 Å². The summed E-state index contributed by atoms with van der Waals surface area (Å²) < 4.78 is 2.58. The lowest BCUT2D eigenvalue weighted by molar-refractivity contribution is 1.32. The van der Waals surface area contributed by atoms with Gasteiger partial charge in [-0.2, -0.15) is 0 Å². The van der Waals surface area contributed by atoms with Gasteiger partial charge >= 0.3 is 0 Å². The van der Waals surface area contributed by atoms with Gasteiger partial charge in [-0.3, -0.25) is 9.97 Å². The number of pyridine rings is 2. The molecule has 0 saturated carbocycles. The Morgan fingerprint density at radius 1 is 0.277 bits per heavy atom. The number of aromatic nitrogens is 2. The fourth-order valence-corrected chi connectivity index (χ4v) is 11.7. The van der Waals surface area contributed by atoms with Crippen LogP contribution in [0.25, 0.3) is 130 Å². The van der Waals surface area contributed by atoms with Crippen LogP contribution in [0.15, 0.2) is 231 Å². The van der Waals surface area contributed by atoms with Crippen LogP contribution < -0.4 is 0 Å². The third-order valence-corrected chi connectivity index (χ3v) is 14.4. The largest absolute Gasteiger partial charge is 0.264 e. The van der Waals surface area contributed by atoms with Gasteiger partial charge in [0.25, 0.3) is 0 Å². The molecule has 0 amide bonds. The number of hydrogen-bond donors (Lipinski definition) is 0. The molecule has 2 nitrogen and oxygen atoms in total. The van der Waals surface area contributed by atoms with Gasteiger partial charge in [-0.15, -0.1) is 11.3 Å². The molecule has 3 heteroatoms. The zero-order valence-corrected chi connectivity index (χ0v) is 36.1. The van der Waals surface area contributed by atoms with Gasteiger partial charge in [-0.1, -0.05) is 170 Å². The highest BCUT2D eigenvalue weighted by atomic mass is 32.1. The molecular weight excluding hydrogens is 805 g/mol. The van der Waals surface area contributed by atoms with Gasteiger partial charge < -0.3 is 0 Å². The van der Waals surface area contributed by atoms with Gasteiger partial charge in [0.15, 0.2) is 0 Å². The minimum Gasteiger partial charge on any atom is -0.264 e. The number of benzene rings is 10. The van der Waals surface area contributed by atoms with E-state index in [1.54, 1.807) is 0 Å². The molecule has 0 saturated heterocycles.